The number of carbonyl (C=O) groups is 2. The van der Waals surface area contributed by atoms with Crippen molar-refractivity contribution >= 4 is 11.9 Å². The van der Waals surface area contributed by atoms with Gasteiger partial charge >= 0.3 is 11.9 Å². The largest absolute Gasteiger partial charge is 0.493 e. The lowest BCUT2D eigenvalue weighted by Gasteiger charge is -2.41. The van der Waals surface area contributed by atoms with E-state index < -0.39 is 11.9 Å². The van der Waals surface area contributed by atoms with E-state index in [-0.39, 0.29) is 0 Å². The van der Waals surface area contributed by atoms with Crippen molar-refractivity contribution in [1.29, 1.82) is 0 Å². The summed E-state index contributed by atoms with van der Waals surface area (Å²) in [6, 6.07) is 6.96. The maximum atomic E-state index is 9.10. The quantitative estimate of drug-likeness (QED) is 0.699. The van der Waals surface area contributed by atoms with Crippen LogP contribution >= 0.6 is 0 Å². The fourth-order valence-electron chi connectivity index (χ4n) is 4.16. The summed E-state index contributed by atoms with van der Waals surface area (Å²) in [5.41, 5.74) is 1.22. The van der Waals surface area contributed by atoms with Gasteiger partial charge in [-0.3, -0.25) is 4.90 Å². The van der Waals surface area contributed by atoms with Crippen LogP contribution in [0.15, 0.2) is 18.2 Å². The van der Waals surface area contributed by atoms with Crippen LogP contribution in [0.2, 0.25) is 0 Å². The van der Waals surface area contributed by atoms with Crippen LogP contribution in [0, 0.1) is 5.92 Å². The highest BCUT2D eigenvalue weighted by Gasteiger charge is 2.27. The Morgan fingerprint density at radius 3 is 2.07 bits per heavy atom. The van der Waals surface area contributed by atoms with Gasteiger partial charge in [-0.25, -0.2) is 9.59 Å². The maximum Gasteiger partial charge on any atom is 0.414 e. The standard InChI is InChI=1S/C20H32N2O2.C2H2O4/c1-16-7-13-22(14-8-16)18-9-11-21(12-10-18)15-17-5-4-6-19(23-2)20(17)24-3;3-1(4)2(5)6/h4-6,16,18H,7-15H2,1-3H3;(H,3,4)(H,5,6). The van der Waals surface area contributed by atoms with E-state index in [9.17, 15) is 0 Å². The minimum atomic E-state index is -1.82. The second kappa shape index (κ2) is 11.8. The third kappa shape index (κ3) is 6.88. The van der Waals surface area contributed by atoms with Gasteiger partial charge in [-0.2, -0.15) is 0 Å². The lowest BCUT2D eigenvalue weighted by molar-refractivity contribution is -0.159. The SMILES string of the molecule is COc1cccc(CN2CCC(N3CCC(C)CC3)CC2)c1OC.O=C(O)C(=O)O. The molecule has 2 N–H and O–H groups in total. The Morgan fingerprint density at radius 1 is 0.967 bits per heavy atom. The molecule has 0 radical (unpaired) electrons. The minimum Gasteiger partial charge on any atom is -0.493 e. The van der Waals surface area contributed by atoms with Gasteiger partial charge in [0.05, 0.1) is 14.2 Å². The molecule has 2 fully saturated rings. The Balaban J connectivity index is 0.000000469. The van der Waals surface area contributed by atoms with Crippen LogP contribution in [0.4, 0.5) is 0 Å². The molecule has 0 amide bonds. The zero-order chi connectivity index (χ0) is 22.1. The summed E-state index contributed by atoms with van der Waals surface area (Å²) < 4.78 is 11.0. The van der Waals surface area contributed by atoms with Crippen LogP contribution in [0.3, 0.4) is 0 Å². The van der Waals surface area contributed by atoms with E-state index in [1.165, 1.54) is 57.4 Å². The Morgan fingerprint density at radius 2 is 1.57 bits per heavy atom. The van der Waals surface area contributed by atoms with Gasteiger partial charge in [0.25, 0.3) is 0 Å². The zero-order valence-corrected chi connectivity index (χ0v) is 18.2. The molecule has 2 heterocycles. The second-order valence-electron chi connectivity index (χ2n) is 7.99. The molecule has 2 saturated heterocycles. The summed E-state index contributed by atoms with van der Waals surface area (Å²) in [4.78, 5) is 23.5. The number of rotatable bonds is 5. The van der Waals surface area contributed by atoms with Crippen molar-refractivity contribution in [2.75, 3.05) is 40.4 Å². The van der Waals surface area contributed by atoms with Crippen molar-refractivity contribution < 1.29 is 29.3 Å². The van der Waals surface area contributed by atoms with Crippen molar-refractivity contribution in [3.05, 3.63) is 23.8 Å². The molecule has 2 aliphatic heterocycles. The van der Waals surface area contributed by atoms with Crippen LogP contribution in [0.1, 0.15) is 38.2 Å². The molecule has 0 bridgehead atoms. The number of ether oxygens (including phenoxy) is 2. The first kappa shape index (κ1) is 24.0. The van der Waals surface area contributed by atoms with E-state index in [0.717, 1.165) is 30.0 Å². The summed E-state index contributed by atoms with van der Waals surface area (Å²) in [6.45, 7) is 8.30. The molecular formula is C22H34N2O6. The fourth-order valence-corrected chi connectivity index (χ4v) is 4.16. The molecule has 0 spiro atoms. The highest BCUT2D eigenvalue weighted by atomic mass is 16.5. The molecule has 8 nitrogen and oxygen atoms in total. The van der Waals surface area contributed by atoms with E-state index >= 15 is 0 Å². The smallest absolute Gasteiger partial charge is 0.414 e. The van der Waals surface area contributed by atoms with E-state index in [1.54, 1.807) is 14.2 Å². The van der Waals surface area contributed by atoms with Crippen LogP contribution in [0.5, 0.6) is 11.5 Å². The number of hydrogen-bond acceptors (Lipinski definition) is 6. The van der Waals surface area contributed by atoms with Crippen molar-refractivity contribution in [3.8, 4) is 11.5 Å². The number of likely N-dealkylation sites (tertiary alicyclic amines) is 2. The Kier molecular flexibility index (Phi) is 9.39. The van der Waals surface area contributed by atoms with Gasteiger partial charge in [-0.15, -0.1) is 0 Å². The van der Waals surface area contributed by atoms with Gasteiger partial charge in [0.2, 0.25) is 0 Å². The lowest BCUT2D eigenvalue weighted by atomic mass is 9.95. The predicted octanol–water partition coefficient (Wildman–Crippen LogP) is 2.56. The number of hydrogen-bond donors (Lipinski definition) is 2. The van der Waals surface area contributed by atoms with Crippen LogP contribution in [0.25, 0.3) is 0 Å². The number of carboxylic acids is 2. The van der Waals surface area contributed by atoms with Gasteiger partial charge < -0.3 is 24.6 Å². The van der Waals surface area contributed by atoms with Gasteiger partial charge in [-0.1, -0.05) is 19.1 Å². The van der Waals surface area contributed by atoms with Gasteiger partial charge in [-0.05, 0) is 63.8 Å². The first-order chi connectivity index (χ1) is 14.3. The number of nitrogens with zero attached hydrogens (tertiary/aromatic N) is 2. The van der Waals surface area contributed by atoms with Crippen molar-refractivity contribution in [1.82, 2.24) is 9.80 Å². The molecule has 0 aliphatic carbocycles. The Bertz CT molecular complexity index is 683. The second-order valence-corrected chi connectivity index (χ2v) is 7.99. The van der Waals surface area contributed by atoms with Crippen LogP contribution in [-0.4, -0.2) is 78.4 Å². The molecule has 1 aromatic rings. The topological polar surface area (TPSA) is 99.5 Å². The van der Waals surface area contributed by atoms with E-state index in [2.05, 4.69) is 28.9 Å². The monoisotopic (exact) mass is 422 g/mol. The number of para-hydroxylation sites is 1. The van der Waals surface area contributed by atoms with Gasteiger partial charge in [0.1, 0.15) is 0 Å². The molecule has 2 aliphatic rings. The van der Waals surface area contributed by atoms with Crippen LogP contribution in [-0.2, 0) is 16.1 Å². The van der Waals surface area contributed by atoms with Gasteiger partial charge in [0, 0.05) is 18.2 Å². The Hall–Kier alpha value is -2.32. The molecule has 3 rings (SSSR count). The van der Waals surface area contributed by atoms with Crippen molar-refractivity contribution in [2.45, 2.75) is 45.2 Å². The highest BCUT2D eigenvalue weighted by Crippen LogP contribution is 2.32. The molecule has 30 heavy (non-hydrogen) atoms. The average Bonchev–Trinajstić information content (AvgIpc) is 2.75. The summed E-state index contributed by atoms with van der Waals surface area (Å²) in [6.07, 6.45) is 5.34. The normalized spacial score (nSPS) is 18.9. The number of benzene rings is 1. The third-order valence-electron chi connectivity index (χ3n) is 5.95. The summed E-state index contributed by atoms with van der Waals surface area (Å²) in [7, 11) is 3.43. The summed E-state index contributed by atoms with van der Waals surface area (Å²) >= 11 is 0. The number of methoxy groups -OCH3 is 2. The number of piperidine rings is 2. The molecule has 0 atom stereocenters. The van der Waals surface area contributed by atoms with Crippen molar-refractivity contribution in [2.24, 2.45) is 5.92 Å². The summed E-state index contributed by atoms with van der Waals surface area (Å²) in [5, 5.41) is 14.8. The van der Waals surface area contributed by atoms with E-state index in [4.69, 9.17) is 29.3 Å². The molecular weight excluding hydrogens is 388 g/mol. The predicted molar refractivity (Wildman–Crippen MR) is 113 cm³/mol. The Labute approximate surface area is 178 Å². The number of aliphatic carboxylic acids is 2. The van der Waals surface area contributed by atoms with Crippen LogP contribution < -0.4 is 9.47 Å². The van der Waals surface area contributed by atoms with E-state index in [1.807, 2.05) is 6.07 Å². The third-order valence-corrected chi connectivity index (χ3v) is 5.95. The first-order valence-corrected chi connectivity index (χ1v) is 10.5. The maximum absolute atomic E-state index is 9.10. The molecule has 8 heteroatoms. The average molecular weight is 423 g/mol. The molecule has 1 aromatic carbocycles. The highest BCUT2D eigenvalue weighted by molar-refractivity contribution is 6.27. The first-order valence-electron chi connectivity index (χ1n) is 10.5. The molecule has 0 aromatic heterocycles. The van der Waals surface area contributed by atoms with Crippen molar-refractivity contribution in [3.63, 3.8) is 0 Å². The zero-order valence-electron chi connectivity index (χ0n) is 18.2. The van der Waals surface area contributed by atoms with Gasteiger partial charge in [0.15, 0.2) is 11.5 Å². The molecule has 0 saturated carbocycles. The fraction of sp³-hybridized carbons (Fsp3) is 0.636. The lowest BCUT2D eigenvalue weighted by Crippen LogP contribution is -2.47. The number of carboxylic acid groups (broad SMARTS) is 2. The van der Waals surface area contributed by atoms with E-state index in [0.29, 0.717) is 0 Å². The molecule has 0 unspecified atom stereocenters. The minimum absolute atomic E-state index is 0.793. The summed E-state index contributed by atoms with van der Waals surface area (Å²) in [5.74, 6) is -1.02. The molecule has 168 valence electrons.